The number of unbranched alkanes of at least 4 members (excludes halogenated alkanes) is 6. The third-order valence-corrected chi connectivity index (χ3v) is 6.93. The smallest absolute Gasteiger partial charge is 0.188 e. The zero-order valence-corrected chi connectivity index (χ0v) is 21.0. The minimum absolute atomic E-state index is 0.0566. The molecule has 1 atom stereocenters. The van der Waals surface area contributed by atoms with E-state index in [-0.39, 0.29) is 13.1 Å². The highest BCUT2D eigenvalue weighted by atomic mass is 32.2. The fourth-order valence-electron chi connectivity index (χ4n) is 4.09. The Morgan fingerprint density at radius 2 is 1.67 bits per heavy atom. The molecule has 3 rings (SSSR count). The standard InChI is InChI=1S/C28H40O4S/c1-29-23-32-28-24(16-14-19-26(28)33-25-17-9-7-10-18-25)15-8-5-3-2-4-6-12-21-30-27-20-11-13-22-31-27/h7,9-10,14,16-19,27H,2-6,8,11-13,15,20-23H2,1H3. The van der Waals surface area contributed by atoms with Crippen molar-refractivity contribution in [3.63, 3.8) is 0 Å². The van der Waals surface area contributed by atoms with Crippen molar-refractivity contribution >= 4 is 11.8 Å². The van der Waals surface area contributed by atoms with E-state index in [2.05, 4.69) is 42.5 Å². The number of rotatable bonds is 16. The first-order valence-corrected chi connectivity index (χ1v) is 13.4. The first-order valence-electron chi connectivity index (χ1n) is 12.6. The quantitative estimate of drug-likeness (QED) is 0.185. The molecular formula is C28H40O4S. The molecule has 0 amide bonds. The highest BCUT2D eigenvalue weighted by Crippen LogP contribution is 2.38. The largest absolute Gasteiger partial charge is 0.466 e. The van der Waals surface area contributed by atoms with Gasteiger partial charge in [0.15, 0.2) is 13.1 Å². The van der Waals surface area contributed by atoms with Crippen molar-refractivity contribution in [2.24, 2.45) is 0 Å². The van der Waals surface area contributed by atoms with Crippen molar-refractivity contribution in [1.82, 2.24) is 0 Å². The summed E-state index contributed by atoms with van der Waals surface area (Å²) in [7, 11) is 1.67. The van der Waals surface area contributed by atoms with Crippen LogP contribution in [0, 0.1) is 0 Å². The normalized spacial score (nSPS) is 16.1. The zero-order chi connectivity index (χ0) is 23.0. The second-order valence-corrected chi connectivity index (χ2v) is 9.72. The molecule has 182 valence electrons. The van der Waals surface area contributed by atoms with Gasteiger partial charge < -0.3 is 18.9 Å². The fourth-order valence-corrected chi connectivity index (χ4v) is 5.07. The van der Waals surface area contributed by atoms with Crippen LogP contribution in [-0.2, 0) is 20.6 Å². The lowest BCUT2D eigenvalue weighted by Gasteiger charge is -2.22. The lowest BCUT2D eigenvalue weighted by atomic mass is 10.0. The van der Waals surface area contributed by atoms with Crippen LogP contribution >= 0.6 is 11.8 Å². The molecule has 1 fully saturated rings. The number of ether oxygens (including phenoxy) is 4. The molecule has 0 N–H and O–H groups in total. The first kappa shape index (κ1) is 26.1. The molecule has 1 saturated heterocycles. The van der Waals surface area contributed by atoms with Gasteiger partial charge in [-0.2, -0.15) is 0 Å². The molecule has 4 nitrogen and oxygen atoms in total. The molecule has 0 radical (unpaired) electrons. The number of hydrogen-bond acceptors (Lipinski definition) is 5. The summed E-state index contributed by atoms with van der Waals surface area (Å²) in [6.07, 6.45) is 13.3. The molecule has 0 bridgehead atoms. The van der Waals surface area contributed by atoms with Crippen LogP contribution in [0.4, 0.5) is 0 Å². The average molecular weight is 473 g/mol. The van der Waals surface area contributed by atoms with Crippen LogP contribution in [-0.4, -0.2) is 33.4 Å². The van der Waals surface area contributed by atoms with Crippen molar-refractivity contribution in [1.29, 1.82) is 0 Å². The maximum atomic E-state index is 6.00. The predicted octanol–water partition coefficient (Wildman–Crippen LogP) is 7.64. The zero-order valence-electron chi connectivity index (χ0n) is 20.1. The van der Waals surface area contributed by atoms with E-state index < -0.39 is 0 Å². The Morgan fingerprint density at radius 1 is 0.879 bits per heavy atom. The third kappa shape index (κ3) is 10.1. The fraction of sp³-hybridized carbons (Fsp3) is 0.571. The van der Waals surface area contributed by atoms with Gasteiger partial charge in [0, 0.05) is 25.2 Å². The number of hydrogen-bond donors (Lipinski definition) is 0. The van der Waals surface area contributed by atoms with Crippen LogP contribution in [0.25, 0.3) is 0 Å². The van der Waals surface area contributed by atoms with E-state index in [1.54, 1.807) is 18.9 Å². The van der Waals surface area contributed by atoms with Gasteiger partial charge in [-0.05, 0) is 62.3 Å². The third-order valence-electron chi connectivity index (χ3n) is 5.88. The molecular weight excluding hydrogens is 432 g/mol. The summed E-state index contributed by atoms with van der Waals surface area (Å²) in [4.78, 5) is 2.37. The molecule has 1 aliphatic rings. The van der Waals surface area contributed by atoms with Gasteiger partial charge in [-0.3, -0.25) is 0 Å². The maximum absolute atomic E-state index is 6.00. The van der Waals surface area contributed by atoms with Gasteiger partial charge in [-0.25, -0.2) is 0 Å². The molecule has 0 aliphatic carbocycles. The van der Waals surface area contributed by atoms with Crippen molar-refractivity contribution in [3.05, 3.63) is 54.1 Å². The molecule has 0 aromatic heterocycles. The van der Waals surface area contributed by atoms with Crippen molar-refractivity contribution in [2.45, 2.75) is 86.7 Å². The molecule has 1 aliphatic heterocycles. The molecule has 1 unspecified atom stereocenters. The van der Waals surface area contributed by atoms with E-state index in [0.29, 0.717) is 0 Å². The van der Waals surface area contributed by atoms with Crippen molar-refractivity contribution in [2.75, 3.05) is 27.1 Å². The SMILES string of the molecule is COCOc1c(CCCCCCCCCOC2CCCCO2)cccc1Sc1ccccc1. The summed E-state index contributed by atoms with van der Waals surface area (Å²) >= 11 is 1.75. The van der Waals surface area contributed by atoms with Crippen LogP contribution in [0.1, 0.15) is 69.8 Å². The number of para-hydroxylation sites is 1. The summed E-state index contributed by atoms with van der Waals surface area (Å²) in [6.45, 7) is 1.98. The van der Waals surface area contributed by atoms with Gasteiger partial charge in [0.05, 0.1) is 4.90 Å². The molecule has 33 heavy (non-hydrogen) atoms. The molecule has 2 aromatic carbocycles. The van der Waals surface area contributed by atoms with E-state index >= 15 is 0 Å². The van der Waals surface area contributed by atoms with Crippen LogP contribution < -0.4 is 4.74 Å². The predicted molar refractivity (Wildman–Crippen MR) is 135 cm³/mol. The van der Waals surface area contributed by atoms with Gasteiger partial charge in [0.1, 0.15) is 5.75 Å². The van der Waals surface area contributed by atoms with Gasteiger partial charge in [-0.15, -0.1) is 0 Å². The van der Waals surface area contributed by atoms with Crippen LogP contribution in [0.15, 0.2) is 58.3 Å². The summed E-state index contributed by atoms with van der Waals surface area (Å²) in [5.41, 5.74) is 1.27. The van der Waals surface area contributed by atoms with Crippen LogP contribution in [0.2, 0.25) is 0 Å². The Balaban J connectivity index is 1.33. The Morgan fingerprint density at radius 3 is 2.42 bits per heavy atom. The monoisotopic (exact) mass is 472 g/mol. The Hall–Kier alpha value is -1.53. The summed E-state index contributed by atoms with van der Waals surface area (Å²) < 4.78 is 22.6. The molecule has 5 heteroatoms. The second kappa shape index (κ2) is 16.2. The van der Waals surface area contributed by atoms with E-state index in [4.69, 9.17) is 18.9 Å². The minimum atomic E-state index is 0.0566. The minimum Gasteiger partial charge on any atom is -0.466 e. The number of aryl methyl sites for hydroxylation is 1. The molecule has 1 heterocycles. The van der Waals surface area contributed by atoms with E-state index in [1.165, 1.54) is 61.8 Å². The summed E-state index contributed by atoms with van der Waals surface area (Å²) in [5.74, 6) is 0.968. The summed E-state index contributed by atoms with van der Waals surface area (Å²) in [5, 5.41) is 0. The van der Waals surface area contributed by atoms with Gasteiger partial charge in [0.25, 0.3) is 0 Å². The topological polar surface area (TPSA) is 36.9 Å². The maximum Gasteiger partial charge on any atom is 0.188 e. The lowest BCUT2D eigenvalue weighted by molar-refractivity contribution is -0.162. The van der Waals surface area contributed by atoms with Crippen LogP contribution in [0.3, 0.4) is 0 Å². The van der Waals surface area contributed by atoms with E-state index in [0.717, 1.165) is 43.1 Å². The first-order chi connectivity index (χ1) is 16.4. The van der Waals surface area contributed by atoms with Crippen molar-refractivity contribution in [3.8, 4) is 5.75 Å². The highest BCUT2D eigenvalue weighted by molar-refractivity contribution is 7.99. The highest BCUT2D eigenvalue weighted by Gasteiger charge is 2.13. The van der Waals surface area contributed by atoms with Gasteiger partial charge in [0.2, 0.25) is 0 Å². The second-order valence-electron chi connectivity index (χ2n) is 8.60. The average Bonchev–Trinajstić information content (AvgIpc) is 2.86. The molecule has 0 saturated carbocycles. The lowest BCUT2D eigenvalue weighted by Crippen LogP contribution is -2.22. The Bertz CT molecular complexity index is 762. The van der Waals surface area contributed by atoms with Gasteiger partial charge >= 0.3 is 0 Å². The molecule has 2 aromatic rings. The summed E-state index contributed by atoms with van der Waals surface area (Å²) in [6, 6.07) is 16.9. The van der Waals surface area contributed by atoms with E-state index in [9.17, 15) is 0 Å². The van der Waals surface area contributed by atoms with E-state index in [1.807, 2.05) is 6.07 Å². The van der Waals surface area contributed by atoms with Gasteiger partial charge in [-0.1, -0.05) is 74.2 Å². The number of methoxy groups -OCH3 is 1. The number of benzene rings is 2. The molecule has 0 spiro atoms. The van der Waals surface area contributed by atoms with Crippen molar-refractivity contribution < 1.29 is 18.9 Å². The Labute approximate surface area is 204 Å². The van der Waals surface area contributed by atoms with Crippen LogP contribution in [0.5, 0.6) is 5.75 Å². The Kier molecular flexibility index (Phi) is 12.8.